The minimum atomic E-state index is -0.293. The van der Waals surface area contributed by atoms with E-state index in [4.69, 9.17) is 4.52 Å². The molecule has 0 aromatic carbocycles. The normalized spacial score (nSPS) is 24.1. The Labute approximate surface area is 115 Å². The van der Waals surface area contributed by atoms with Gasteiger partial charge in [0.05, 0.1) is 17.3 Å². The zero-order chi connectivity index (χ0) is 13.2. The third kappa shape index (κ3) is 3.02. The molecule has 102 valence electrons. The van der Waals surface area contributed by atoms with Crippen molar-refractivity contribution in [3.63, 3.8) is 0 Å². The number of likely N-dealkylation sites (tertiary alicyclic amines) is 1. The van der Waals surface area contributed by atoms with Gasteiger partial charge in [-0.05, 0) is 6.92 Å². The Morgan fingerprint density at radius 2 is 2.42 bits per heavy atom. The number of rotatable bonds is 4. The Morgan fingerprint density at radius 3 is 3.11 bits per heavy atom. The van der Waals surface area contributed by atoms with Crippen LogP contribution in [0.5, 0.6) is 0 Å². The number of aromatic nitrogens is 2. The summed E-state index contributed by atoms with van der Waals surface area (Å²) in [6, 6.07) is 1.94. The fourth-order valence-corrected chi connectivity index (χ4v) is 3.22. The lowest BCUT2D eigenvalue weighted by Gasteiger charge is -2.13. The van der Waals surface area contributed by atoms with Crippen molar-refractivity contribution >= 4 is 11.3 Å². The van der Waals surface area contributed by atoms with Gasteiger partial charge in [-0.25, -0.2) is 0 Å². The molecule has 6 heteroatoms. The molecular formula is C13H17N3O2S. The van der Waals surface area contributed by atoms with Gasteiger partial charge in [-0.2, -0.15) is 0 Å². The van der Waals surface area contributed by atoms with Gasteiger partial charge in [0.1, 0.15) is 5.76 Å². The van der Waals surface area contributed by atoms with Crippen LogP contribution in [0.4, 0.5) is 0 Å². The smallest absolute Gasteiger partial charge is 0.137 e. The van der Waals surface area contributed by atoms with Crippen LogP contribution in [0.1, 0.15) is 16.3 Å². The Balaban J connectivity index is 1.59. The lowest BCUT2D eigenvalue weighted by molar-refractivity contribution is 0.137. The van der Waals surface area contributed by atoms with Crippen molar-refractivity contribution in [3.8, 4) is 0 Å². The first kappa shape index (κ1) is 12.8. The van der Waals surface area contributed by atoms with Crippen LogP contribution in [0.2, 0.25) is 0 Å². The molecule has 0 spiro atoms. The summed E-state index contributed by atoms with van der Waals surface area (Å²) in [7, 11) is 0. The molecular weight excluding hydrogens is 262 g/mol. The Bertz CT molecular complexity index is 526. The Hall–Kier alpha value is -1.24. The van der Waals surface area contributed by atoms with Crippen molar-refractivity contribution in [1.29, 1.82) is 0 Å². The second-order valence-corrected chi connectivity index (χ2v) is 6.10. The third-order valence-electron chi connectivity index (χ3n) is 3.49. The van der Waals surface area contributed by atoms with E-state index in [9.17, 15) is 5.11 Å². The van der Waals surface area contributed by atoms with E-state index < -0.39 is 0 Å². The summed E-state index contributed by atoms with van der Waals surface area (Å²) in [5, 5.41) is 14.0. The largest absolute Gasteiger partial charge is 0.391 e. The van der Waals surface area contributed by atoms with Crippen LogP contribution in [0.25, 0.3) is 0 Å². The quantitative estimate of drug-likeness (QED) is 0.918. The van der Waals surface area contributed by atoms with Gasteiger partial charge < -0.3 is 9.63 Å². The molecule has 2 atom stereocenters. The van der Waals surface area contributed by atoms with Crippen LogP contribution in [0, 0.1) is 12.8 Å². The molecule has 1 saturated heterocycles. The van der Waals surface area contributed by atoms with Gasteiger partial charge in [0.2, 0.25) is 0 Å². The van der Waals surface area contributed by atoms with Crippen LogP contribution in [-0.2, 0) is 13.0 Å². The molecule has 1 fully saturated rings. The molecule has 2 aromatic heterocycles. The summed E-state index contributed by atoms with van der Waals surface area (Å²) in [6.07, 6.45) is 2.35. The van der Waals surface area contributed by atoms with Gasteiger partial charge in [0.25, 0.3) is 0 Å². The molecule has 0 amide bonds. The minimum absolute atomic E-state index is 0.222. The van der Waals surface area contributed by atoms with Crippen molar-refractivity contribution in [1.82, 2.24) is 15.0 Å². The van der Waals surface area contributed by atoms with E-state index in [1.54, 1.807) is 11.3 Å². The van der Waals surface area contributed by atoms with Crippen molar-refractivity contribution in [2.24, 2.45) is 5.92 Å². The highest BCUT2D eigenvalue weighted by atomic mass is 32.1. The maximum absolute atomic E-state index is 10.1. The summed E-state index contributed by atoms with van der Waals surface area (Å²) in [4.78, 5) is 7.59. The number of β-amino-alcohol motifs (C(OH)–C–C–N with tert-alkyl or cyclic N) is 1. The predicted octanol–water partition coefficient (Wildman–Crippen LogP) is 1.47. The third-order valence-corrected chi connectivity index (χ3v) is 4.25. The summed E-state index contributed by atoms with van der Waals surface area (Å²) in [6.45, 7) is 4.39. The number of hydrogen-bond donors (Lipinski definition) is 1. The second kappa shape index (κ2) is 5.40. The monoisotopic (exact) mass is 279 g/mol. The van der Waals surface area contributed by atoms with Gasteiger partial charge in [-0.3, -0.25) is 9.88 Å². The molecule has 0 saturated carbocycles. The first-order valence-electron chi connectivity index (χ1n) is 6.40. The van der Waals surface area contributed by atoms with Gasteiger partial charge >= 0.3 is 0 Å². The topological polar surface area (TPSA) is 62.4 Å². The van der Waals surface area contributed by atoms with Gasteiger partial charge in [0.15, 0.2) is 0 Å². The highest BCUT2D eigenvalue weighted by Crippen LogP contribution is 2.24. The molecule has 2 aromatic rings. The average Bonchev–Trinajstić information content (AvgIpc) is 3.06. The number of aryl methyl sites for hydroxylation is 1. The number of aliphatic hydroxyl groups is 1. The van der Waals surface area contributed by atoms with E-state index in [0.29, 0.717) is 0 Å². The standard InChI is InChI=1S/C13H17N3O2S/c1-9-2-11(18-15-9)3-10-5-16(7-13(10)17)6-12-4-14-8-19-12/h2,4,8,10,13,17H,3,5-7H2,1H3/t10-,13-/m1/s1. The van der Waals surface area contributed by atoms with Crippen LogP contribution in [0.3, 0.4) is 0 Å². The molecule has 1 aliphatic heterocycles. The van der Waals surface area contributed by atoms with Crippen molar-refractivity contribution in [2.45, 2.75) is 26.0 Å². The van der Waals surface area contributed by atoms with Crippen LogP contribution in [-0.4, -0.2) is 39.3 Å². The zero-order valence-electron chi connectivity index (χ0n) is 10.8. The van der Waals surface area contributed by atoms with E-state index in [-0.39, 0.29) is 12.0 Å². The van der Waals surface area contributed by atoms with Crippen LogP contribution in [0.15, 0.2) is 22.3 Å². The molecule has 0 bridgehead atoms. The molecule has 0 radical (unpaired) electrons. The van der Waals surface area contributed by atoms with Crippen molar-refractivity contribution < 1.29 is 9.63 Å². The molecule has 1 N–H and O–H groups in total. The number of aliphatic hydroxyl groups excluding tert-OH is 1. The molecule has 3 rings (SSSR count). The van der Waals surface area contributed by atoms with E-state index in [0.717, 1.165) is 37.5 Å². The van der Waals surface area contributed by atoms with E-state index >= 15 is 0 Å². The van der Waals surface area contributed by atoms with E-state index in [2.05, 4.69) is 15.0 Å². The molecule has 0 unspecified atom stereocenters. The average molecular weight is 279 g/mol. The fourth-order valence-electron chi connectivity index (χ4n) is 2.58. The summed E-state index contributed by atoms with van der Waals surface area (Å²) in [5.41, 5.74) is 2.74. The SMILES string of the molecule is Cc1cc(C[C@@H]2CN(Cc3cncs3)C[C@H]2O)on1. The number of hydrogen-bond acceptors (Lipinski definition) is 6. The summed E-state index contributed by atoms with van der Waals surface area (Å²) >= 11 is 1.66. The molecule has 19 heavy (non-hydrogen) atoms. The highest BCUT2D eigenvalue weighted by Gasteiger charge is 2.32. The van der Waals surface area contributed by atoms with Crippen LogP contribution >= 0.6 is 11.3 Å². The van der Waals surface area contributed by atoms with Crippen molar-refractivity contribution in [2.75, 3.05) is 13.1 Å². The van der Waals surface area contributed by atoms with Crippen molar-refractivity contribution in [3.05, 3.63) is 34.1 Å². The lowest BCUT2D eigenvalue weighted by Crippen LogP contribution is -2.20. The van der Waals surface area contributed by atoms with Gasteiger partial charge in [-0.1, -0.05) is 5.16 Å². The maximum Gasteiger partial charge on any atom is 0.137 e. The van der Waals surface area contributed by atoms with E-state index in [1.165, 1.54) is 4.88 Å². The number of nitrogens with zero attached hydrogens (tertiary/aromatic N) is 3. The fraction of sp³-hybridized carbons (Fsp3) is 0.538. The first-order chi connectivity index (χ1) is 9.20. The first-order valence-corrected chi connectivity index (χ1v) is 7.28. The van der Waals surface area contributed by atoms with Gasteiger partial charge in [0, 0.05) is 49.1 Å². The van der Waals surface area contributed by atoms with E-state index in [1.807, 2.05) is 24.7 Å². The Morgan fingerprint density at radius 1 is 1.53 bits per heavy atom. The second-order valence-electron chi connectivity index (χ2n) is 5.13. The zero-order valence-corrected chi connectivity index (χ0v) is 11.6. The lowest BCUT2D eigenvalue weighted by atomic mass is 10.0. The molecule has 5 nitrogen and oxygen atoms in total. The Kier molecular flexibility index (Phi) is 3.63. The predicted molar refractivity (Wildman–Crippen MR) is 71.8 cm³/mol. The molecule has 0 aliphatic carbocycles. The highest BCUT2D eigenvalue weighted by molar-refractivity contribution is 7.09. The summed E-state index contributed by atoms with van der Waals surface area (Å²) in [5.74, 6) is 1.08. The minimum Gasteiger partial charge on any atom is -0.391 e. The van der Waals surface area contributed by atoms with Gasteiger partial charge in [-0.15, -0.1) is 11.3 Å². The summed E-state index contributed by atoms with van der Waals surface area (Å²) < 4.78 is 5.23. The number of thiazole rings is 1. The molecule has 1 aliphatic rings. The molecule has 3 heterocycles. The maximum atomic E-state index is 10.1. The van der Waals surface area contributed by atoms with Crippen LogP contribution < -0.4 is 0 Å².